The van der Waals surface area contributed by atoms with E-state index in [0.29, 0.717) is 29.4 Å². The molecule has 1 N–H and O–H groups in total. The molecule has 0 saturated heterocycles. The zero-order valence-electron chi connectivity index (χ0n) is 18.2. The summed E-state index contributed by atoms with van der Waals surface area (Å²) >= 11 is 0. The number of hydrogen-bond donors (Lipinski definition) is 1. The van der Waals surface area contributed by atoms with Crippen LogP contribution in [0.3, 0.4) is 0 Å². The van der Waals surface area contributed by atoms with Crippen molar-refractivity contribution in [1.82, 2.24) is 0 Å². The molecule has 7 heteroatoms. The average molecular weight is 432 g/mol. The van der Waals surface area contributed by atoms with Crippen molar-refractivity contribution in [3.05, 3.63) is 83.4 Å². The summed E-state index contributed by atoms with van der Waals surface area (Å²) < 4.78 is 22.5. The highest BCUT2D eigenvalue weighted by atomic mass is 16.6. The van der Waals surface area contributed by atoms with Crippen LogP contribution >= 0.6 is 0 Å². The number of benzene rings is 3. The fraction of sp³-hybridized carbons (Fsp3) is 0.240. The van der Waals surface area contributed by atoms with Crippen LogP contribution in [0.15, 0.2) is 66.7 Å². The van der Waals surface area contributed by atoms with Gasteiger partial charge in [0.2, 0.25) is 0 Å². The summed E-state index contributed by atoms with van der Waals surface area (Å²) in [6, 6.07) is 21.0. The Balaban J connectivity index is 1.48. The first-order valence-corrected chi connectivity index (χ1v) is 10.6. The van der Waals surface area contributed by atoms with Crippen molar-refractivity contribution in [3.63, 3.8) is 0 Å². The van der Waals surface area contributed by atoms with Crippen LogP contribution in [0.2, 0.25) is 0 Å². The Morgan fingerprint density at radius 2 is 1.81 bits per heavy atom. The maximum Gasteiger partial charge on any atom is 0.313 e. The van der Waals surface area contributed by atoms with Gasteiger partial charge in [-0.25, -0.2) is 0 Å². The summed E-state index contributed by atoms with van der Waals surface area (Å²) in [4.78, 5) is 11.9. The first-order chi connectivity index (χ1) is 15.5. The molecular weight excluding hydrogens is 407 g/mol. The van der Waals surface area contributed by atoms with Crippen molar-refractivity contribution >= 4 is 18.9 Å². The molecule has 1 unspecified atom stereocenters. The zero-order chi connectivity index (χ0) is 22.6. The van der Waals surface area contributed by atoms with Crippen molar-refractivity contribution in [2.45, 2.75) is 32.7 Å². The molecule has 1 aliphatic heterocycles. The van der Waals surface area contributed by atoms with E-state index in [1.807, 2.05) is 73.7 Å². The van der Waals surface area contributed by atoms with E-state index in [0.717, 1.165) is 16.6 Å². The summed E-state index contributed by atoms with van der Waals surface area (Å²) in [6.45, 7) is 4.30. The van der Waals surface area contributed by atoms with Gasteiger partial charge in [0.15, 0.2) is 5.79 Å². The van der Waals surface area contributed by atoms with Crippen LogP contribution in [-0.4, -0.2) is 25.2 Å². The molecule has 3 aromatic carbocycles. The third-order valence-electron chi connectivity index (χ3n) is 5.23. The van der Waals surface area contributed by atoms with E-state index < -0.39 is 11.8 Å². The first kappa shape index (κ1) is 21.9. The molecular formula is C25H25BO6. The molecule has 0 bridgehead atoms. The second kappa shape index (κ2) is 9.46. The minimum Gasteiger partial charge on any atom is -0.489 e. The van der Waals surface area contributed by atoms with Crippen LogP contribution in [0.4, 0.5) is 0 Å². The Hall–Kier alpha value is -3.29. The number of aryl methyl sites for hydroxylation is 1. The quantitative estimate of drug-likeness (QED) is 0.434. The van der Waals surface area contributed by atoms with Crippen LogP contribution in [0.25, 0.3) is 0 Å². The molecule has 164 valence electrons. The predicted molar refractivity (Wildman–Crippen MR) is 121 cm³/mol. The maximum absolute atomic E-state index is 11.9. The van der Waals surface area contributed by atoms with E-state index in [1.54, 1.807) is 6.92 Å². The Kier molecular flexibility index (Phi) is 6.49. The minimum absolute atomic E-state index is 0.184. The number of hydrogen-bond acceptors (Lipinski definition) is 6. The van der Waals surface area contributed by atoms with Gasteiger partial charge in [-0.05, 0) is 54.7 Å². The Morgan fingerprint density at radius 3 is 2.59 bits per heavy atom. The zero-order valence-corrected chi connectivity index (χ0v) is 18.2. The van der Waals surface area contributed by atoms with Gasteiger partial charge in [0.25, 0.3) is 0 Å². The molecule has 6 nitrogen and oxygen atoms in total. The summed E-state index contributed by atoms with van der Waals surface area (Å²) in [6.07, 6.45) is -0.254. The Labute approximate surface area is 188 Å². The normalized spacial score (nSPS) is 16.7. The van der Waals surface area contributed by atoms with Crippen molar-refractivity contribution in [2.24, 2.45) is 0 Å². The number of carbonyl (C=O) groups excluding carboxylic acids is 1. The molecule has 0 saturated carbocycles. The van der Waals surface area contributed by atoms with E-state index in [-0.39, 0.29) is 20.5 Å². The molecule has 4 rings (SSSR count). The molecule has 0 spiro atoms. The highest BCUT2D eigenvalue weighted by molar-refractivity contribution is 6.49. The van der Waals surface area contributed by atoms with Gasteiger partial charge >= 0.3 is 13.5 Å². The van der Waals surface area contributed by atoms with Gasteiger partial charge in [0.1, 0.15) is 30.3 Å². The number of ether oxygens (including phenoxy) is 3. The molecule has 0 aliphatic carbocycles. The summed E-state index contributed by atoms with van der Waals surface area (Å²) in [5.74, 6) is -0.234. The lowest BCUT2D eigenvalue weighted by molar-refractivity contribution is -0.174. The van der Waals surface area contributed by atoms with E-state index in [9.17, 15) is 9.90 Å². The van der Waals surface area contributed by atoms with Crippen LogP contribution in [0.5, 0.6) is 17.2 Å². The SMILES string of the molecule is CCOC(=O)CC1(O)OBc2cc(Oc3cccc(OCc4ccccc4)c3)cc(C)c21. The number of esters is 1. The second-order valence-corrected chi connectivity index (χ2v) is 7.68. The summed E-state index contributed by atoms with van der Waals surface area (Å²) in [5, 5.41) is 10.9. The van der Waals surface area contributed by atoms with Gasteiger partial charge in [-0.3, -0.25) is 4.79 Å². The molecule has 32 heavy (non-hydrogen) atoms. The smallest absolute Gasteiger partial charge is 0.313 e. The molecule has 0 radical (unpaired) electrons. The van der Waals surface area contributed by atoms with E-state index >= 15 is 0 Å². The van der Waals surface area contributed by atoms with Crippen molar-refractivity contribution in [2.75, 3.05) is 6.61 Å². The Morgan fingerprint density at radius 1 is 1.03 bits per heavy atom. The van der Waals surface area contributed by atoms with E-state index in [4.69, 9.17) is 18.9 Å². The van der Waals surface area contributed by atoms with Gasteiger partial charge in [-0.15, -0.1) is 0 Å². The van der Waals surface area contributed by atoms with Crippen molar-refractivity contribution < 1.29 is 28.8 Å². The van der Waals surface area contributed by atoms with Crippen molar-refractivity contribution in [3.8, 4) is 17.2 Å². The largest absolute Gasteiger partial charge is 0.489 e. The predicted octanol–water partition coefficient (Wildman–Crippen LogP) is 3.47. The van der Waals surface area contributed by atoms with Gasteiger partial charge in [0.05, 0.1) is 6.61 Å². The maximum atomic E-state index is 11.9. The van der Waals surface area contributed by atoms with Gasteiger partial charge in [-0.1, -0.05) is 36.4 Å². The molecule has 1 heterocycles. The van der Waals surface area contributed by atoms with Crippen LogP contribution in [0.1, 0.15) is 30.0 Å². The molecule has 0 aromatic heterocycles. The minimum atomic E-state index is -1.69. The van der Waals surface area contributed by atoms with E-state index in [1.165, 1.54) is 0 Å². The van der Waals surface area contributed by atoms with Crippen molar-refractivity contribution in [1.29, 1.82) is 0 Å². The third-order valence-corrected chi connectivity index (χ3v) is 5.23. The number of aliphatic hydroxyl groups is 1. The molecule has 3 aromatic rings. The molecule has 0 amide bonds. The fourth-order valence-corrected chi connectivity index (χ4v) is 3.88. The molecule has 1 aliphatic rings. The Bertz CT molecular complexity index is 1100. The molecule has 1 atom stereocenters. The third kappa shape index (κ3) is 4.95. The van der Waals surface area contributed by atoms with E-state index in [2.05, 4.69) is 0 Å². The summed E-state index contributed by atoms with van der Waals surface area (Å²) in [5.41, 5.74) is 3.24. The number of fused-ring (bicyclic) bond motifs is 1. The number of rotatable bonds is 8. The monoisotopic (exact) mass is 432 g/mol. The van der Waals surface area contributed by atoms with Gasteiger partial charge in [-0.2, -0.15) is 0 Å². The first-order valence-electron chi connectivity index (χ1n) is 10.6. The fourth-order valence-electron chi connectivity index (χ4n) is 3.88. The molecule has 0 fully saturated rings. The highest BCUT2D eigenvalue weighted by Gasteiger charge is 2.42. The summed E-state index contributed by atoms with van der Waals surface area (Å²) in [7, 11) is 0.184. The lowest BCUT2D eigenvalue weighted by Gasteiger charge is -2.25. The topological polar surface area (TPSA) is 74.2 Å². The standard InChI is InChI=1S/C25H25BO6/c1-3-29-23(27)15-25(28)24-17(2)12-21(14-22(24)26-32-25)31-20-11-7-10-19(13-20)30-16-18-8-5-4-6-9-18/h4-14,26,28H,3,15-16H2,1-2H3. The van der Waals surface area contributed by atoms with Crippen LogP contribution < -0.4 is 14.9 Å². The lowest BCUT2D eigenvalue weighted by Crippen LogP contribution is -2.31. The number of carbonyl (C=O) groups is 1. The average Bonchev–Trinajstić information content (AvgIpc) is 3.10. The lowest BCUT2D eigenvalue weighted by atomic mass is 9.83. The van der Waals surface area contributed by atoms with Crippen LogP contribution in [-0.2, 0) is 26.6 Å². The van der Waals surface area contributed by atoms with Crippen LogP contribution in [0, 0.1) is 6.92 Å². The second-order valence-electron chi connectivity index (χ2n) is 7.68. The van der Waals surface area contributed by atoms with Gasteiger partial charge in [0, 0.05) is 11.6 Å². The highest BCUT2D eigenvalue weighted by Crippen LogP contribution is 2.35. The van der Waals surface area contributed by atoms with Gasteiger partial charge < -0.3 is 24.0 Å².